The van der Waals surface area contributed by atoms with E-state index >= 15 is 0 Å². The summed E-state index contributed by atoms with van der Waals surface area (Å²) in [5, 5.41) is 18.3. The summed E-state index contributed by atoms with van der Waals surface area (Å²) in [5.74, 6) is 0. The van der Waals surface area contributed by atoms with E-state index in [2.05, 4.69) is 110 Å². The molecule has 3 aromatic carbocycles. The van der Waals surface area contributed by atoms with Crippen LogP contribution in [0.4, 0.5) is 0 Å². The summed E-state index contributed by atoms with van der Waals surface area (Å²) in [7, 11) is 3.56. The monoisotopic (exact) mass is 930 g/mol. The Morgan fingerprint density at radius 3 is 0.985 bits per heavy atom. The third-order valence-corrected chi connectivity index (χ3v) is 11.6. The van der Waals surface area contributed by atoms with Crippen LogP contribution in [0, 0.1) is 41.5 Å². The number of hydrogen-bond donors (Lipinski definition) is 0. The number of hydrogen-bond acceptors (Lipinski definition) is 8. The van der Waals surface area contributed by atoms with E-state index in [9.17, 15) is 0 Å². The number of aryl methyl sites for hydroxylation is 6. The third-order valence-electron chi connectivity index (χ3n) is 9.70. The molecular weight excluding hydrogens is 882 g/mol. The van der Waals surface area contributed by atoms with Crippen LogP contribution in [0.25, 0.3) is 44.1 Å². The molecule has 324 valence electrons. The van der Waals surface area contributed by atoms with Crippen molar-refractivity contribution in [2.75, 3.05) is 0 Å². The van der Waals surface area contributed by atoms with Gasteiger partial charge in [-0.15, -0.1) is 22.7 Å². The Balaban J connectivity index is 0.000000155. The van der Waals surface area contributed by atoms with Crippen molar-refractivity contribution in [2.45, 2.75) is 41.5 Å². The van der Waals surface area contributed by atoms with Crippen LogP contribution >= 0.6 is 22.7 Å². The Hall–Kier alpha value is -6.63. The number of rotatable bonds is 6. The van der Waals surface area contributed by atoms with E-state index in [1.165, 1.54) is 63.7 Å². The van der Waals surface area contributed by atoms with Crippen molar-refractivity contribution >= 4 is 59.6 Å². The second-order valence-corrected chi connectivity index (χ2v) is 17.6. The van der Waals surface area contributed by atoms with Crippen LogP contribution in [0.5, 0.6) is 0 Å². The summed E-state index contributed by atoms with van der Waals surface area (Å²) in [5.41, 5.74) is 9.78. The molecule has 11 aromatic rings. The van der Waals surface area contributed by atoms with Crippen LogP contribution in [-0.2, 0) is 17.1 Å². The molecule has 0 bridgehead atoms. The predicted molar refractivity (Wildman–Crippen MR) is 267 cm³/mol. The molecule has 4 radical (unpaired) electrons. The van der Waals surface area contributed by atoms with Crippen LogP contribution in [0.3, 0.4) is 0 Å². The molecule has 0 unspecified atom stereocenters. The molecule has 0 amide bonds. The van der Waals surface area contributed by atoms with Crippen molar-refractivity contribution < 1.29 is 17.1 Å². The van der Waals surface area contributed by atoms with Gasteiger partial charge < -0.3 is 18.4 Å². The first-order chi connectivity index (χ1) is 31.2. The average molecular weight is 931 g/mol. The molecule has 0 aliphatic heterocycles. The van der Waals surface area contributed by atoms with Crippen LogP contribution in [0.1, 0.15) is 30.6 Å². The number of benzene rings is 3. The number of aromatic nitrogens is 10. The summed E-state index contributed by atoms with van der Waals surface area (Å²) in [6, 6.07) is 41.1. The van der Waals surface area contributed by atoms with Gasteiger partial charge in [0.1, 0.15) is 0 Å². The molecule has 8 aromatic heterocycles. The molecule has 0 N–H and O–H groups in total. The molecule has 8 heterocycles. The average Bonchev–Trinajstić information content (AvgIpc) is 4.18. The van der Waals surface area contributed by atoms with Crippen molar-refractivity contribution in [3.63, 3.8) is 0 Å². The van der Waals surface area contributed by atoms with Gasteiger partial charge in [-0.2, -0.15) is 0 Å². The van der Waals surface area contributed by atoms with Crippen LogP contribution in [0.2, 0.25) is 0 Å². The second kappa shape index (κ2) is 23.9. The number of pyridine rings is 2. The minimum atomic E-state index is 0. The normalized spacial score (nSPS) is 10.3. The van der Waals surface area contributed by atoms with Crippen molar-refractivity contribution in [1.82, 2.24) is 48.7 Å². The van der Waals surface area contributed by atoms with Gasteiger partial charge in [0.15, 0.2) is 0 Å². The summed E-state index contributed by atoms with van der Waals surface area (Å²) in [6.45, 7) is 13.0. The maximum atomic E-state index is 4.74. The molecule has 0 atom stereocenters. The van der Waals surface area contributed by atoms with Gasteiger partial charge in [0.2, 0.25) is 0 Å². The second-order valence-electron chi connectivity index (χ2n) is 14.7. The summed E-state index contributed by atoms with van der Waals surface area (Å²) >= 11 is 3.72. The van der Waals surface area contributed by atoms with E-state index in [1.807, 2.05) is 133 Å². The van der Waals surface area contributed by atoms with Crippen LogP contribution < -0.4 is 0 Å². The van der Waals surface area contributed by atoms with Gasteiger partial charge in [0, 0.05) is 78.6 Å². The standard InChI is InChI=1S/C24H20N2S2.2C7H8.2C6H6BN4.Fe/c1-13-11-19(15(3)27-13)21-17-7-5-9-25-23(17)24-18(8-6-10-26-24)22(21)20-12-14(2)28-16(20)4;2*1-7-5-3-2-4-6-7;2*1-3-8-10(5-1)7-11-6-2-4-9-11;/h5-12H,1-4H3;2*2-6H,1H3;2*1-6H;/q;;;2*-1;+2. The SMILES string of the molecule is Cc1cc(-c2c(-c3cc(C)sc3C)c3cccnc3c3ncccc23)c(C)s1.Cc1ccccc1.Cc1ccccc1.[B-](n1cccn1)n1cccn1.[B-](n1cccn1)n1cccn1.[Fe+2]. The molecule has 0 saturated heterocycles. The molecule has 0 aliphatic rings. The molecule has 0 saturated carbocycles. The maximum Gasteiger partial charge on any atom is 2.00 e. The smallest absolute Gasteiger partial charge is 0.489 e. The summed E-state index contributed by atoms with van der Waals surface area (Å²) < 4.78 is 6.75. The Bertz CT molecular complexity index is 2790. The molecule has 0 fully saturated rings. The molecular formula is C50H48B2FeN10S2. The van der Waals surface area contributed by atoms with E-state index in [4.69, 9.17) is 9.97 Å². The van der Waals surface area contributed by atoms with Crippen molar-refractivity contribution in [3.8, 4) is 22.3 Å². The fourth-order valence-corrected chi connectivity index (χ4v) is 8.75. The zero-order chi connectivity index (χ0) is 44.7. The van der Waals surface area contributed by atoms with Gasteiger partial charge in [-0.05, 0) is 141 Å². The molecule has 0 spiro atoms. The Morgan fingerprint density at radius 2 is 0.738 bits per heavy atom. The third kappa shape index (κ3) is 13.2. The van der Waals surface area contributed by atoms with Gasteiger partial charge in [-0.3, -0.25) is 9.97 Å². The topological polar surface area (TPSA) is 97.1 Å². The molecule has 10 nitrogen and oxygen atoms in total. The first-order valence-corrected chi connectivity index (χ1v) is 22.4. The fraction of sp³-hybridized carbons (Fsp3) is 0.120. The zero-order valence-corrected chi connectivity index (χ0v) is 39.9. The molecule has 11 rings (SSSR count). The van der Waals surface area contributed by atoms with Crippen molar-refractivity contribution in [2.24, 2.45) is 0 Å². The first-order valence-electron chi connectivity index (χ1n) is 20.7. The Morgan fingerprint density at radius 1 is 0.400 bits per heavy atom. The largest absolute Gasteiger partial charge is 2.00 e. The summed E-state index contributed by atoms with van der Waals surface area (Å²) in [6.07, 6.45) is 18.0. The number of nitrogens with zero attached hydrogens (tertiary/aromatic N) is 10. The molecule has 65 heavy (non-hydrogen) atoms. The van der Waals surface area contributed by atoms with E-state index < -0.39 is 0 Å². The summed E-state index contributed by atoms with van der Waals surface area (Å²) in [4.78, 5) is 14.8. The van der Waals surface area contributed by atoms with Gasteiger partial charge in [0.25, 0.3) is 0 Å². The van der Waals surface area contributed by atoms with Gasteiger partial charge in [-0.25, -0.2) is 20.4 Å². The minimum absolute atomic E-state index is 0. The maximum absolute atomic E-state index is 4.74. The molecule has 15 heteroatoms. The van der Waals surface area contributed by atoms with Crippen LogP contribution in [0.15, 0.2) is 183 Å². The van der Waals surface area contributed by atoms with Crippen molar-refractivity contribution in [3.05, 3.63) is 214 Å². The van der Waals surface area contributed by atoms with Crippen LogP contribution in [-0.4, -0.2) is 63.8 Å². The Labute approximate surface area is 400 Å². The number of thiophene rings is 2. The van der Waals surface area contributed by atoms with E-state index in [0.717, 1.165) is 11.0 Å². The minimum Gasteiger partial charge on any atom is -0.489 e. The fourth-order valence-electron chi connectivity index (χ4n) is 6.89. The van der Waals surface area contributed by atoms with Gasteiger partial charge >= 0.3 is 17.1 Å². The van der Waals surface area contributed by atoms with Gasteiger partial charge in [-0.1, -0.05) is 83.9 Å². The van der Waals surface area contributed by atoms with Gasteiger partial charge in [0.05, 0.1) is 11.0 Å². The quantitative estimate of drug-likeness (QED) is 0.122. The van der Waals surface area contributed by atoms with E-state index in [1.54, 1.807) is 58.3 Å². The van der Waals surface area contributed by atoms with E-state index in [-0.39, 0.29) is 17.1 Å². The number of fused-ring (bicyclic) bond motifs is 3. The van der Waals surface area contributed by atoms with E-state index in [0.29, 0.717) is 0 Å². The van der Waals surface area contributed by atoms with Crippen molar-refractivity contribution in [1.29, 1.82) is 0 Å². The zero-order valence-electron chi connectivity index (χ0n) is 37.1. The predicted octanol–water partition coefficient (Wildman–Crippen LogP) is 11.5. The Kier molecular flexibility index (Phi) is 17.6. The first kappa shape index (κ1) is 47.8. The molecule has 0 aliphatic carbocycles.